The summed E-state index contributed by atoms with van der Waals surface area (Å²) in [7, 11) is -2.72. The maximum absolute atomic E-state index is 13.7. The van der Waals surface area contributed by atoms with E-state index in [0.29, 0.717) is 27.2 Å². The Bertz CT molecular complexity index is 1880. The fraction of sp³-hybridized carbons (Fsp3) is 0.152. The lowest BCUT2D eigenvalue weighted by Gasteiger charge is -2.21. The van der Waals surface area contributed by atoms with Gasteiger partial charge in [-0.25, -0.2) is 13.2 Å². The molecule has 0 bridgehead atoms. The van der Waals surface area contributed by atoms with Crippen molar-refractivity contribution < 1.29 is 27.2 Å². The van der Waals surface area contributed by atoms with Gasteiger partial charge in [-0.15, -0.1) is 0 Å². The van der Waals surface area contributed by atoms with E-state index in [1.165, 1.54) is 46.7 Å². The first-order valence-electron chi connectivity index (χ1n) is 13.5. The molecular weight excluding hydrogens is 623 g/mol. The monoisotopic (exact) mass is 650 g/mol. The molecule has 2 heterocycles. The molecule has 4 aromatic rings. The number of amides is 1. The van der Waals surface area contributed by atoms with Crippen molar-refractivity contribution in [1.29, 1.82) is 0 Å². The fourth-order valence-corrected chi connectivity index (χ4v) is 6.48. The first-order valence-corrected chi connectivity index (χ1v) is 15.7. The molecule has 0 unspecified atom stereocenters. The van der Waals surface area contributed by atoms with Crippen LogP contribution in [0.25, 0.3) is 6.08 Å². The van der Waals surface area contributed by atoms with Crippen LogP contribution in [0.4, 0.5) is 5.69 Å². The molecule has 0 saturated heterocycles. The lowest BCUT2D eigenvalue weighted by Crippen LogP contribution is -2.30. The van der Waals surface area contributed by atoms with Gasteiger partial charge in [-0.1, -0.05) is 53.0 Å². The van der Waals surface area contributed by atoms with Crippen LogP contribution >= 0.6 is 23.2 Å². The molecule has 0 saturated carbocycles. The van der Waals surface area contributed by atoms with E-state index in [2.05, 4.69) is 0 Å². The maximum Gasteiger partial charge on any atom is 0.340 e. The Hall–Kier alpha value is -4.15. The van der Waals surface area contributed by atoms with Crippen LogP contribution in [0.1, 0.15) is 29.6 Å². The highest BCUT2D eigenvalue weighted by Gasteiger charge is 2.38. The first-order chi connectivity index (χ1) is 21.0. The molecule has 0 fully saturated rings. The maximum atomic E-state index is 13.7. The second-order valence-corrected chi connectivity index (χ2v) is 13.0. The van der Waals surface area contributed by atoms with Gasteiger partial charge >= 0.3 is 5.97 Å². The van der Waals surface area contributed by atoms with Crippen molar-refractivity contribution in [3.8, 4) is 0 Å². The predicted molar refractivity (Wildman–Crippen MR) is 169 cm³/mol. The molecule has 1 aliphatic rings. The molecule has 5 rings (SSSR count). The van der Waals surface area contributed by atoms with Crippen LogP contribution in [0.2, 0.25) is 10.0 Å². The molecule has 0 aliphatic carbocycles. The SMILES string of the molecule is COC(=O)C1=C(C)N(c2ccc(Cl)cc2)C(=O)/C1=C/c1ccc(CN(Cc2ccc(C)cc2)S(=O)(=O)c2ccc(Cl)cc2)o1. The van der Waals surface area contributed by atoms with Crippen molar-refractivity contribution in [2.24, 2.45) is 0 Å². The Morgan fingerprint density at radius 2 is 1.50 bits per heavy atom. The quantitative estimate of drug-likeness (QED) is 0.141. The summed E-state index contributed by atoms with van der Waals surface area (Å²) in [5, 5.41) is 0.924. The van der Waals surface area contributed by atoms with Gasteiger partial charge in [0.05, 0.1) is 29.7 Å². The highest BCUT2D eigenvalue weighted by molar-refractivity contribution is 7.89. The normalized spacial score (nSPS) is 14.6. The third kappa shape index (κ3) is 6.51. The van der Waals surface area contributed by atoms with Gasteiger partial charge in [0.2, 0.25) is 10.0 Å². The molecule has 0 N–H and O–H groups in total. The second-order valence-electron chi connectivity index (χ2n) is 10.1. The summed E-state index contributed by atoms with van der Waals surface area (Å²) in [5.74, 6) is -0.533. The number of carbonyl (C=O) groups is 2. The van der Waals surface area contributed by atoms with Gasteiger partial charge < -0.3 is 9.15 Å². The Balaban J connectivity index is 1.48. The number of benzene rings is 3. The van der Waals surface area contributed by atoms with Crippen LogP contribution < -0.4 is 4.90 Å². The largest absolute Gasteiger partial charge is 0.465 e. The number of halogens is 2. The number of anilines is 1. The number of furan rings is 1. The van der Waals surface area contributed by atoms with Gasteiger partial charge in [0.15, 0.2) is 0 Å². The standard InChI is InChI=1S/C33H28Cl2N2O6S/c1-21-4-6-23(7-5-21)19-36(44(40,41)29-16-10-25(35)11-17-29)20-28-15-14-27(43-28)18-30-31(33(39)42-3)22(2)37(32(30)38)26-12-8-24(34)9-13-26/h4-18H,19-20H2,1-3H3/b30-18+. The second kappa shape index (κ2) is 12.8. The zero-order valence-corrected chi connectivity index (χ0v) is 26.4. The van der Waals surface area contributed by atoms with Crippen LogP contribution in [-0.4, -0.2) is 31.7 Å². The highest BCUT2D eigenvalue weighted by Crippen LogP contribution is 2.36. The smallest absolute Gasteiger partial charge is 0.340 e. The molecule has 3 aromatic carbocycles. The van der Waals surface area contributed by atoms with Crippen molar-refractivity contribution in [2.75, 3.05) is 12.0 Å². The van der Waals surface area contributed by atoms with Crippen molar-refractivity contribution in [2.45, 2.75) is 31.8 Å². The molecule has 1 aliphatic heterocycles. The Labute approximate surface area is 265 Å². The summed E-state index contributed by atoms with van der Waals surface area (Å²) in [6.45, 7) is 3.60. The van der Waals surface area contributed by atoms with Gasteiger partial charge in [0.25, 0.3) is 5.91 Å². The zero-order chi connectivity index (χ0) is 31.6. The van der Waals surface area contributed by atoms with E-state index in [-0.39, 0.29) is 34.9 Å². The fourth-order valence-electron chi connectivity index (χ4n) is 4.83. The van der Waals surface area contributed by atoms with E-state index in [9.17, 15) is 18.0 Å². The molecule has 0 atom stereocenters. The number of rotatable bonds is 9. The lowest BCUT2D eigenvalue weighted by molar-refractivity contribution is -0.136. The van der Waals surface area contributed by atoms with Crippen molar-refractivity contribution in [3.63, 3.8) is 0 Å². The van der Waals surface area contributed by atoms with Crippen LogP contribution in [0, 0.1) is 6.92 Å². The van der Waals surface area contributed by atoms with Crippen molar-refractivity contribution >= 4 is 56.9 Å². The van der Waals surface area contributed by atoms with Crippen LogP contribution in [0.5, 0.6) is 0 Å². The van der Waals surface area contributed by atoms with Gasteiger partial charge in [-0.05, 0) is 86.2 Å². The Morgan fingerprint density at radius 1 is 0.886 bits per heavy atom. The summed E-state index contributed by atoms with van der Waals surface area (Å²) in [6, 6.07) is 23.4. The first kappa shape index (κ1) is 31.3. The third-order valence-electron chi connectivity index (χ3n) is 7.11. The minimum absolute atomic E-state index is 0.0792. The molecule has 8 nitrogen and oxygen atoms in total. The summed E-state index contributed by atoms with van der Waals surface area (Å²) < 4.78 is 39.8. The minimum atomic E-state index is -3.96. The number of methoxy groups -OCH3 is 1. The summed E-state index contributed by atoms with van der Waals surface area (Å²) in [6.07, 6.45) is 1.45. The topological polar surface area (TPSA) is 97.1 Å². The number of allylic oxidation sites excluding steroid dienone is 1. The van der Waals surface area contributed by atoms with Gasteiger partial charge in [-0.2, -0.15) is 4.31 Å². The molecular formula is C33H28Cl2N2O6S. The molecule has 11 heteroatoms. The molecule has 0 spiro atoms. The summed E-state index contributed by atoms with van der Waals surface area (Å²) in [4.78, 5) is 27.9. The van der Waals surface area contributed by atoms with E-state index in [1.807, 2.05) is 31.2 Å². The number of esters is 1. The molecule has 44 heavy (non-hydrogen) atoms. The minimum Gasteiger partial charge on any atom is -0.465 e. The van der Waals surface area contributed by atoms with E-state index >= 15 is 0 Å². The van der Waals surface area contributed by atoms with E-state index in [4.69, 9.17) is 32.4 Å². The summed E-state index contributed by atoms with van der Waals surface area (Å²) in [5.41, 5.74) is 2.94. The molecule has 1 amide bonds. The Morgan fingerprint density at radius 3 is 2.11 bits per heavy atom. The van der Waals surface area contributed by atoms with Crippen LogP contribution in [-0.2, 0) is 37.4 Å². The average molecular weight is 652 g/mol. The average Bonchev–Trinajstić information content (AvgIpc) is 3.55. The van der Waals surface area contributed by atoms with Crippen LogP contribution in [0.3, 0.4) is 0 Å². The van der Waals surface area contributed by atoms with Gasteiger partial charge in [-0.3, -0.25) is 9.69 Å². The zero-order valence-electron chi connectivity index (χ0n) is 24.1. The van der Waals surface area contributed by atoms with Crippen LogP contribution in [0.15, 0.2) is 111 Å². The number of sulfonamides is 1. The third-order valence-corrected chi connectivity index (χ3v) is 9.42. The summed E-state index contributed by atoms with van der Waals surface area (Å²) >= 11 is 12.0. The van der Waals surface area contributed by atoms with E-state index in [1.54, 1.807) is 43.3 Å². The predicted octanol–water partition coefficient (Wildman–Crippen LogP) is 7.16. The lowest BCUT2D eigenvalue weighted by atomic mass is 10.1. The number of carbonyl (C=O) groups excluding carboxylic acids is 2. The number of aryl methyl sites for hydroxylation is 1. The molecule has 0 radical (unpaired) electrons. The van der Waals surface area contributed by atoms with Gasteiger partial charge in [0, 0.05) is 28.0 Å². The van der Waals surface area contributed by atoms with Crippen molar-refractivity contribution in [1.82, 2.24) is 4.31 Å². The highest BCUT2D eigenvalue weighted by atomic mass is 35.5. The number of hydrogen-bond acceptors (Lipinski definition) is 6. The number of ether oxygens (including phenoxy) is 1. The van der Waals surface area contributed by atoms with Gasteiger partial charge in [0.1, 0.15) is 11.5 Å². The Kier molecular flexibility index (Phi) is 9.12. The van der Waals surface area contributed by atoms with E-state index in [0.717, 1.165) is 11.1 Å². The number of nitrogens with zero attached hydrogens (tertiary/aromatic N) is 2. The van der Waals surface area contributed by atoms with E-state index < -0.39 is 21.9 Å². The van der Waals surface area contributed by atoms with Crippen molar-refractivity contribution in [3.05, 3.63) is 134 Å². The number of hydrogen-bond donors (Lipinski definition) is 0. The molecule has 1 aromatic heterocycles. The molecule has 226 valence electrons.